The van der Waals surface area contributed by atoms with Crippen LogP contribution in [0, 0.1) is 6.92 Å². The molecule has 5 heteroatoms. The molecule has 0 aliphatic heterocycles. The Morgan fingerprint density at radius 2 is 1.85 bits per heavy atom. The summed E-state index contributed by atoms with van der Waals surface area (Å²) >= 11 is 3.39. The van der Waals surface area contributed by atoms with Crippen molar-refractivity contribution in [2.24, 2.45) is 5.73 Å². The van der Waals surface area contributed by atoms with Crippen LogP contribution in [0.5, 0.6) is 0 Å². The van der Waals surface area contributed by atoms with Crippen LogP contribution in [-0.4, -0.2) is 11.8 Å². The largest absolute Gasteiger partial charge is 0.366 e. The van der Waals surface area contributed by atoms with Crippen molar-refractivity contribution in [1.29, 1.82) is 0 Å². The molecule has 0 saturated carbocycles. The number of primary amides is 1. The molecule has 2 rings (SSSR count). The molecule has 0 unspecified atom stereocenters. The second-order valence-electron chi connectivity index (χ2n) is 4.36. The van der Waals surface area contributed by atoms with E-state index in [1.807, 2.05) is 13.0 Å². The molecule has 2 aromatic carbocycles. The first-order chi connectivity index (χ1) is 9.47. The number of hydrogen-bond donors (Lipinski definition) is 2. The summed E-state index contributed by atoms with van der Waals surface area (Å²) in [5.41, 5.74) is 7.68. The molecule has 2 aromatic rings. The van der Waals surface area contributed by atoms with Crippen LogP contribution in [0.2, 0.25) is 0 Å². The lowest BCUT2D eigenvalue weighted by Gasteiger charge is -2.07. The summed E-state index contributed by atoms with van der Waals surface area (Å²) in [7, 11) is 0. The molecule has 0 saturated heterocycles. The molecular formula is C15H13BrN2O2. The third-order valence-corrected chi connectivity index (χ3v) is 3.69. The smallest absolute Gasteiger partial charge is 0.255 e. The summed E-state index contributed by atoms with van der Waals surface area (Å²) in [6.45, 7) is 1.95. The van der Waals surface area contributed by atoms with E-state index >= 15 is 0 Å². The number of nitrogens with one attached hydrogen (secondary N) is 1. The van der Waals surface area contributed by atoms with E-state index in [0.29, 0.717) is 16.8 Å². The van der Waals surface area contributed by atoms with E-state index < -0.39 is 5.91 Å². The summed E-state index contributed by atoms with van der Waals surface area (Å²) < 4.78 is 0.871. The van der Waals surface area contributed by atoms with Gasteiger partial charge in [-0.1, -0.05) is 28.1 Å². The van der Waals surface area contributed by atoms with Crippen LogP contribution in [-0.2, 0) is 0 Å². The molecule has 0 bridgehead atoms. The standard InChI is InChI=1S/C15H13BrN2O2/c1-9-5-6-11(8-13(9)16)15(20)18-12-4-2-3-10(7-12)14(17)19/h2-8H,1H3,(H2,17,19)(H,18,20). The molecule has 0 aromatic heterocycles. The Hall–Kier alpha value is -2.14. The SMILES string of the molecule is Cc1ccc(C(=O)Nc2cccc(C(N)=O)c2)cc1Br. The molecule has 4 nitrogen and oxygen atoms in total. The molecule has 20 heavy (non-hydrogen) atoms. The Balaban J connectivity index is 2.21. The average molecular weight is 333 g/mol. The van der Waals surface area contributed by atoms with Gasteiger partial charge >= 0.3 is 0 Å². The number of amides is 2. The summed E-state index contributed by atoms with van der Waals surface area (Å²) in [5, 5.41) is 2.73. The minimum Gasteiger partial charge on any atom is -0.366 e. The van der Waals surface area contributed by atoms with E-state index in [1.165, 1.54) is 0 Å². The Morgan fingerprint density at radius 3 is 2.50 bits per heavy atom. The molecule has 0 aliphatic rings. The van der Waals surface area contributed by atoms with Crippen molar-refractivity contribution in [2.45, 2.75) is 6.92 Å². The Bertz CT molecular complexity index is 683. The van der Waals surface area contributed by atoms with Crippen LogP contribution in [0.4, 0.5) is 5.69 Å². The number of anilines is 1. The Labute approximate surface area is 125 Å². The van der Waals surface area contributed by atoms with Crippen LogP contribution in [0.3, 0.4) is 0 Å². The summed E-state index contributed by atoms with van der Waals surface area (Å²) in [4.78, 5) is 23.2. The predicted molar refractivity (Wildman–Crippen MR) is 81.8 cm³/mol. The third kappa shape index (κ3) is 3.24. The third-order valence-electron chi connectivity index (χ3n) is 2.84. The monoisotopic (exact) mass is 332 g/mol. The van der Waals surface area contributed by atoms with Crippen LogP contribution < -0.4 is 11.1 Å². The van der Waals surface area contributed by atoms with E-state index in [9.17, 15) is 9.59 Å². The average Bonchev–Trinajstić information content (AvgIpc) is 2.42. The number of nitrogens with two attached hydrogens (primary N) is 1. The van der Waals surface area contributed by atoms with Crippen LogP contribution >= 0.6 is 15.9 Å². The van der Waals surface area contributed by atoms with Gasteiger partial charge in [0.1, 0.15) is 0 Å². The maximum absolute atomic E-state index is 12.1. The summed E-state index contributed by atoms with van der Waals surface area (Å²) in [6, 6.07) is 11.9. The van der Waals surface area contributed by atoms with E-state index in [1.54, 1.807) is 36.4 Å². The molecular weight excluding hydrogens is 320 g/mol. The van der Waals surface area contributed by atoms with Gasteiger partial charge in [-0.2, -0.15) is 0 Å². The highest BCUT2D eigenvalue weighted by molar-refractivity contribution is 9.10. The van der Waals surface area contributed by atoms with Crippen molar-refractivity contribution in [3.8, 4) is 0 Å². The van der Waals surface area contributed by atoms with Crippen LogP contribution in [0.1, 0.15) is 26.3 Å². The minimum absolute atomic E-state index is 0.243. The van der Waals surface area contributed by atoms with Crippen LogP contribution in [0.25, 0.3) is 0 Å². The molecule has 0 heterocycles. The highest BCUT2D eigenvalue weighted by atomic mass is 79.9. The van der Waals surface area contributed by atoms with Crippen molar-refractivity contribution >= 4 is 33.4 Å². The lowest BCUT2D eigenvalue weighted by Crippen LogP contribution is -2.14. The van der Waals surface area contributed by atoms with Gasteiger partial charge in [0.25, 0.3) is 5.91 Å². The van der Waals surface area contributed by atoms with E-state index in [0.717, 1.165) is 10.0 Å². The molecule has 0 atom stereocenters. The molecule has 3 N–H and O–H groups in total. The second kappa shape index (κ2) is 5.88. The van der Waals surface area contributed by atoms with Gasteiger partial charge in [-0.15, -0.1) is 0 Å². The minimum atomic E-state index is -0.529. The van der Waals surface area contributed by atoms with Crippen molar-refractivity contribution in [3.63, 3.8) is 0 Å². The summed E-state index contributed by atoms with van der Waals surface area (Å²) in [5.74, 6) is -0.772. The lowest BCUT2D eigenvalue weighted by molar-refractivity contribution is 0.0996. The van der Waals surface area contributed by atoms with E-state index in [-0.39, 0.29) is 5.91 Å². The normalized spacial score (nSPS) is 10.1. The van der Waals surface area contributed by atoms with Crippen molar-refractivity contribution < 1.29 is 9.59 Å². The molecule has 2 amide bonds. The first-order valence-electron chi connectivity index (χ1n) is 5.95. The van der Waals surface area contributed by atoms with Crippen molar-refractivity contribution in [1.82, 2.24) is 0 Å². The zero-order chi connectivity index (χ0) is 14.7. The molecule has 0 radical (unpaired) electrons. The first-order valence-corrected chi connectivity index (χ1v) is 6.74. The summed E-state index contributed by atoms with van der Waals surface area (Å²) in [6.07, 6.45) is 0. The second-order valence-corrected chi connectivity index (χ2v) is 5.22. The van der Waals surface area contributed by atoms with Gasteiger partial charge in [-0.05, 0) is 42.8 Å². The van der Waals surface area contributed by atoms with Gasteiger partial charge in [0.2, 0.25) is 5.91 Å². The number of hydrogen-bond acceptors (Lipinski definition) is 2. The number of rotatable bonds is 3. The quantitative estimate of drug-likeness (QED) is 0.906. The maximum Gasteiger partial charge on any atom is 0.255 e. The number of carbonyl (C=O) groups is 2. The topological polar surface area (TPSA) is 72.2 Å². The highest BCUT2D eigenvalue weighted by Crippen LogP contribution is 2.19. The van der Waals surface area contributed by atoms with Gasteiger partial charge < -0.3 is 11.1 Å². The molecule has 0 spiro atoms. The van der Waals surface area contributed by atoms with Crippen LogP contribution in [0.15, 0.2) is 46.9 Å². The first kappa shape index (κ1) is 14.3. The fraction of sp³-hybridized carbons (Fsp3) is 0.0667. The molecule has 0 aliphatic carbocycles. The van der Waals surface area contributed by atoms with Crippen molar-refractivity contribution in [3.05, 3.63) is 63.6 Å². The lowest BCUT2D eigenvalue weighted by atomic mass is 10.1. The van der Waals surface area contributed by atoms with E-state index in [2.05, 4.69) is 21.2 Å². The van der Waals surface area contributed by atoms with Gasteiger partial charge in [0, 0.05) is 21.3 Å². The number of benzene rings is 2. The fourth-order valence-corrected chi connectivity index (χ4v) is 2.07. The number of halogens is 1. The highest BCUT2D eigenvalue weighted by Gasteiger charge is 2.09. The fourth-order valence-electron chi connectivity index (χ4n) is 1.69. The van der Waals surface area contributed by atoms with Gasteiger partial charge in [-0.25, -0.2) is 0 Å². The predicted octanol–water partition coefficient (Wildman–Crippen LogP) is 3.11. The number of carbonyl (C=O) groups excluding carboxylic acids is 2. The van der Waals surface area contributed by atoms with Gasteiger partial charge in [0.05, 0.1) is 0 Å². The maximum atomic E-state index is 12.1. The van der Waals surface area contributed by atoms with Gasteiger partial charge in [0.15, 0.2) is 0 Å². The van der Waals surface area contributed by atoms with Crippen molar-refractivity contribution in [2.75, 3.05) is 5.32 Å². The number of aryl methyl sites for hydroxylation is 1. The van der Waals surface area contributed by atoms with E-state index in [4.69, 9.17) is 5.73 Å². The zero-order valence-corrected chi connectivity index (χ0v) is 12.4. The Kier molecular flexibility index (Phi) is 4.20. The molecule has 0 fully saturated rings. The Morgan fingerprint density at radius 1 is 1.10 bits per heavy atom. The zero-order valence-electron chi connectivity index (χ0n) is 10.8. The van der Waals surface area contributed by atoms with Gasteiger partial charge in [-0.3, -0.25) is 9.59 Å². The molecule has 102 valence electrons.